The zero-order chi connectivity index (χ0) is 17.5. The van der Waals surface area contributed by atoms with Crippen molar-refractivity contribution in [2.24, 2.45) is 0 Å². The van der Waals surface area contributed by atoms with Crippen molar-refractivity contribution in [3.63, 3.8) is 0 Å². The molecule has 5 heteroatoms. The van der Waals surface area contributed by atoms with E-state index in [1.54, 1.807) is 12.0 Å². The summed E-state index contributed by atoms with van der Waals surface area (Å²) < 4.78 is 5.34. The van der Waals surface area contributed by atoms with Crippen molar-refractivity contribution in [3.05, 3.63) is 54.1 Å². The molecule has 0 aliphatic heterocycles. The Morgan fingerprint density at radius 2 is 1.83 bits per heavy atom. The van der Waals surface area contributed by atoms with Gasteiger partial charge in [0.1, 0.15) is 5.75 Å². The molecule has 0 spiro atoms. The highest BCUT2D eigenvalue weighted by Crippen LogP contribution is 2.29. The monoisotopic (exact) mass is 326 g/mol. The lowest BCUT2D eigenvalue weighted by Gasteiger charge is -2.23. The number of hydrogen-bond acceptors (Lipinski definition) is 3. The van der Waals surface area contributed by atoms with Gasteiger partial charge in [-0.3, -0.25) is 9.59 Å². The number of amides is 2. The molecule has 2 rings (SSSR count). The predicted molar refractivity (Wildman–Crippen MR) is 95.4 cm³/mol. The van der Waals surface area contributed by atoms with Crippen molar-refractivity contribution in [2.75, 3.05) is 23.9 Å². The Hall–Kier alpha value is -2.82. The van der Waals surface area contributed by atoms with Gasteiger partial charge in [-0.25, -0.2) is 0 Å². The van der Waals surface area contributed by atoms with Gasteiger partial charge in [0.15, 0.2) is 0 Å². The summed E-state index contributed by atoms with van der Waals surface area (Å²) in [5, 5.41) is 2.82. The summed E-state index contributed by atoms with van der Waals surface area (Å²) in [5.74, 6) is 0.338. The Morgan fingerprint density at radius 3 is 2.46 bits per heavy atom. The van der Waals surface area contributed by atoms with E-state index in [4.69, 9.17) is 4.74 Å². The van der Waals surface area contributed by atoms with Gasteiger partial charge in [-0.05, 0) is 36.8 Å². The lowest BCUT2D eigenvalue weighted by molar-refractivity contribution is -0.117. The average Bonchev–Trinajstić information content (AvgIpc) is 2.56. The van der Waals surface area contributed by atoms with Gasteiger partial charge in [0, 0.05) is 25.6 Å². The topological polar surface area (TPSA) is 58.6 Å². The molecule has 0 atom stereocenters. The van der Waals surface area contributed by atoms with Gasteiger partial charge in [-0.2, -0.15) is 0 Å². The molecule has 0 saturated carbocycles. The van der Waals surface area contributed by atoms with Crippen LogP contribution in [-0.4, -0.2) is 25.5 Å². The summed E-state index contributed by atoms with van der Waals surface area (Å²) in [6, 6.07) is 14.9. The summed E-state index contributed by atoms with van der Waals surface area (Å²) in [7, 11) is 1.56. The number of para-hydroxylation sites is 1. The Bertz CT molecular complexity index is 714. The fourth-order valence-electron chi connectivity index (χ4n) is 2.42. The lowest BCUT2D eigenvalue weighted by atomic mass is 10.1. The van der Waals surface area contributed by atoms with Crippen molar-refractivity contribution in [3.8, 4) is 5.75 Å². The number of hydrogen-bond donors (Lipinski definition) is 1. The van der Waals surface area contributed by atoms with E-state index in [-0.39, 0.29) is 24.8 Å². The number of methoxy groups -OCH3 is 1. The van der Waals surface area contributed by atoms with E-state index in [9.17, 15) is 9.59 Å². The van der Waals surface area contributed by atoms with Crippen LogP contribution in [0.25, 0.3) is 0 Å². The number of anilines is 2. The third-order valence-electron chi connectivity index (χ3n) is 3.63. The summed E-state index contributed by atoms with van der Waals surface area (Å²) in [6.07, 6.45) is 0.200. The number of nitrogens with one attached hydrogen (secondary N) is 1. The van der Waals surface area contributed by atoms with Gasteiger partial charge in [-0.1, -0.05) is 24.3 Å². The fraction of sp³-hybridized carbons (Fsp3) is 0.263. The predicted octanol–water partition coefficient (Wildman–Crippen LogP) is 3.39. The highest BCUT2D eigenvalue weighted by atomic mass is 16.5. The molecule has 0 aromatic heterocycles. The maximum atomic E-state index is 12.1. The van der Waals surface area contributed by atoms with E-state index in [0.29, 0.717) is 11.4 Å². The molecule has 0 saturated heterocycles. The van der Waals surface area contributed by atoms with Crippen molar-refractivity contribution < 1.29 is 14.3 Å². The molecule has 126 valence electrons. The number of ether oxygens (including phenoxy) is 1. The van der Waals surface area contributed by atoms with Crippen LogP contribution in [0, 0.1) is 6.92 Å². The third kappa shape index (κ3) is 4.59. The second-order valence-corrected chi connectivity index (χ2v) is 5.51. The highest BCUT2D eigenvalue weighted by Gasteiger charge is 2.17. The maximum absolute atomic E-state index is 12.1. The molecule has 0 aliphatic carbocycles. The minimum absolute atomic E-state index is 0.133. The van der Waals surface area contributed by atoms with Crippen LogP contribution >= 0.6 is 0 Å². The molecule has 5 nitrogen and oxygen atoms in total. The van der Waals surface area contributed by atoms with Gasteiger partial charge >= 0.3 is 0 Å². The fourth-order valence-corrected chi connectivity index (χ4v) is 2.42. The van der Waals surface area contributed by atoms with E-state index < -0.39 is 0 Å². The van der Waals surface area contributed by atoms with Crippen LogP contribution in [0.1, 0.15) is 18.9 Å². The van der Waals surface area contributed by atoms with Gasteiger partial charge in [0.25, 0.3) is 0 Å². The van der Waals surface area contributed by atoms with Crippen LogP contribution < -0.4 is 15.0 Å². The number of aryl methyl sites for hydroxylation is 1. The summed E-state index contributed by atoms with van der Waals surface area (Å²) in [5.41, 5.74) is 2.44. The quantitative estimate of drug-likeness (QED) is 0.885. The largest absolute Gasteiger partial charge is 0.495 e. The minimum atomic E-state index is -0.140. The van der Waals surface area contributed by atoms with E-state index in [1.165, 1.54) is 6.92 Å². The molecule has 2 amide bonds. The van der Waals surface area contributed by atoms with Crippen LogP contribution in [0.5, 0.6) is 5.75 Å². The summed E-state index contributed by atoms with van der Waals surface area (Å²) in [6.45, 7) is 3.72. The van der Waals surface area contributed by atoms with Crippen molar-refractivity contribution in [1.29, 1.82) is 0 Å². The Morgan fingerprint density at radius 1 is 1.12 bits per heavy atom. The Labute approximate surface area is 142 Å². The first-order valence-electron chi connectivity index (χ1n) is 7.79. The molecule has 1 N–H and O–H groups in total. The summed E-state index contributed by atoms with van der Waals surface area (Å²) >= 11 is 0. The maximum Gasteiger partial charge on any atom is 0.226 e. The van der Waals surface area contributed by atoms with E-state index in [0.717, 1.165) is 11.3 Å². The van der Waals surface area contributed by atoms with Gasteiger partial charge in [0.2, 0.25) is 11.8 Å². The number of carbonyl (C=O) groups excluding carboxylic acids is 2. The summed E-state index contributed by atoms with van der Waals surface area (Å²) in [4.78, 5) is 25.7. The molecular formula is C19H22N2O3. The first-order chi connectivity index (χ1) is 11.5. The van der Waals surface area contributed by atoms with Crippen molar-refractivity contribution in [2.45, 2.75) is 20.3 Å². The zero-order valence-electron chi connectivity index (χ0n) is 14.2. The number of carbonyl (C=O) groups is 2. The van der Waals surface area contributed by atoms with Gasteiger partial charge in [0.05, 0.1) is 12.8 Å². The van der Waals surface area contributed by atoms with Gasteiger partial charge < -0.3 is 15.0 Å². The first kappa shape index (κ1) is 17.5. The molecule has 0 heterocycles. The highest BCUT2D eigenvalue weighted by molar-refractivity contribution is 5.95. The van der Waals surface area contributed by atoms with Gasteiger partial charge in [-0.15, -0.1) is 0 Å². The SMILES string of the molecule is COc1ccc(C)cc1N(CCC(=O)Nc1ccccc1)C(C)=O. The average molecular weight is 326 g/mol. The second kappa shape index (κ2) is 8.15. The van der Waals surface area contributed by atoms with Crippen LogP contribution in [0.4, 0.5) is 11.4 Å². The number of nitrogens with zero attached hydrogens (tertiary/aromatic N) is 1. The molecule has 2 aromatic rings. The molecule has 0 aliphatic rings. The number of benzene rings is 2. The minimum Gasteiger partial charge on any atom is -0.495 e. The molecule has 0 fully saturated rings. The van der Waals surface area contributed by atoms with Crippen molar-refractivity contribution >= 4 is 23.2 Å². The van der Waals surface area contributed by atoms with Crippen LogP contribution in [0.15, 0.2) is 48.5 Å². The third-order valence-corrected chi connectivity index (χ3v) is 3.63. The van der Waals surface area contributed by atoms with Crippen LogP contribution in [0.3, 0.4) is 0 Å². The molecule has 2 aromatic carbocycles. The smallest absolute Gasteiger partial charge is 0.226 e. The molecule has 0 unspecified atom stereocenters. The number of rotatable bonds is 6. The molecule has 24 heavy (non-hydrogen) atoms. The second-order valence-electron chi connectivity index (χ2n) is 5.51. The van der Waals surface area contributed by atoms with Crippen LogP contribution in [0.2, 0.25) is 0 Å². The molecule has 0 radical (unpaired) electrons. The first-order valence-corrected chi connectivity index (χ1v) is 7.79. The van der Waals surface area contributed by atoms with E-state index in [1.807, 2.05) is 55.5 Å². The Kier molecular flexibility index (Phi) is 5.95. The zero-order valence-corrected chi connectivity index (χ0v) is 14.2. The van der Waals surface area contributed by atoms with Crippen molar-refractivity contribution in [1.82, 2.24) is 0 Å². The normalized spacial score (nSPS) is 10.1. The molecule has 0 bridgehead atoms. The Balaban J connectivity index is 2.08. The van der Waals surface area contributed by atoms with E-state index in [2.05, 4.69) is 5.32 Å². The van der Waals surface area contributed by atoms with Crippen LogP contribution in [-0.2, 0) is 9.59 Å². The van der Waals surface area contributed by atoms with E-state index >= 15 is 0 Å². The standard InChI is InChI=1S/C19H22N2O3/c1-14-9-10-18(24-3)17(13-14)21(15(2)22)12-11-19(23)20-16-7-5-4-6-8-16/h4-10,13H,11-12H2,1-3H3,(H,20,23). The lowest BCUT2D eigenvalue weighted by Crippen LogP contribution is -2.32. The molecular weight excluding hydrogens is 304 g/mol.